The lowest BCUT2D eigenvalue weighted by molar-refractivity contribution is -0.689. The highest BCUT2D eigenvalue weighted by Crippen LogP contribution is 2.30. The number of rotatable bonds is 4. The molecule has 142 valence electrons. The lowest BCUT2D eigenvalue weighted by atomic mass is 9.90. The molecule has 0 radical (unpaired) electrons. The minimum Gasteiger partial charge on any atom is -1.00 e. The molecule has 2 aromatic heterocycles. The molecule has 1 aliphatic rings. The Hall–Kier alpha value is -2.85. The Morgan fingerprint density at radius 2 is 1.68 bits per heavy atom. The second kappa shape index (κ2) is 8.03. The second-order valence-corrected chi connectivity index (χ2v) is 7.01. The molecule has 28 heavy (non-hydrogen) atoms. The number of benzene rings is 1. The van der Waals surface area contributed by atoms with Crippen LogP contribution < -0.4 is 17.0 Å². The number of carbonyl (C=O) groups excluding carboxylic acids is 2. The number of fused-ring (bicyclic) bond motifs is 3. The van der Waals surface area contributed by atoms with E-state index in [1.807, 2.05) is 29.0 Å². The van der Waals surface area contributed by atoms with Crippen molar-refractivity contribution < 1.29 is 26.6 Å². The Morgan fingerprint density at radius 3 is 2.39 bits per heavy atom. The van der Waals surface area contributed by atoms with Gasteiger partial charge in [-0.05, 0) is 30.0 Å². The first kappa shape index (κ1) is 19.9. The van der Waals surface area contributed by atoms with Gasteiger partial charge in [0.2, 0.25) is 0 Å². The van der Waals surface area contributed by atoms with Crippen LogP contribution in [0.1, 0.15) is 58.3 Å². The number of pyridine rings is 2. The zero-order valence-electron chi connectivity index (χ0n) is 15.9. The van der Waals surface area contributed by atoms with E-state index in [2.05, 4.69) is 43.1 Å². The summed E-state index contributed by atoms with van der Waals surface area (Å²) in [5.74, 6) is -0.502. The molecular weight excluding hydrogens is 372 g/mol. The van der Waals surface area contributed by atoms with E-state index in [0.717, 1.165) is 23.1 Å². The van der Waals surface area contributed by atoms with Crippen molar-refractivity contribution >= 4 is 11.6 Å². The van der Waals surface area contributed by atoms with Crippen molar-refractivity contribution in [3.63, 3.8) is 0 Å². The Balaban J connectivity index is 0.00000225. The number of hydrogen-bond donors (Lipinski definition) is 0. The molecule has 1 unspecified atom stereocenters. The number of Topliss-reactive ketones (excluding diaryl/α,β-unsaturated/α-hetero) is 2. The summed E-state index contributed by atoms with van der Waals surface area (Å²) in [7, 11) is 0. The summed E-state index contributed by atoms with van der Waals surface area (Å²) in [4.78, 5) is 29.4. The van der Waals surface area contributed by atoms with Crippen LogP contribution in [-0.2, 0) is 6.54 Å². The van der Waals surface area contributed by atoms with Gasteiger partial charge in [-0.15, -0.1) is 0 Å². The average molecular weight is 393 g/mol. The Bertz CT molecular complexity index is 1040. The molecule has 0 saturated heterocycles. The first-order chi connectivity index (χ1) is 13.1. The SMILES string of the molecule is CCC(C)c1ccc(C[n+]2cccc3c2C(=O)C(=O)c2ncccc2-3)cc1.[Cl-]. The summed E-state index contributed by atoms with van der Waals surface area (Å²) < 4.78 is 1.86. The third-order valence-electron chi connectivity index (χ3n) is 5.32. The quantitative estimate of drug-likeness (QED) is 0.491. The van der Waals surface area contributed by atoms with E-state index in [1.165, 1.54) is 5.56 Å². The average Bonchev–Trinajstić information content (AvgIpc) is 2.72. The molecule has 1 aromatic carbocycles. The Labute approximate surface area is 170 Å². The lowest BCUT2D eigenvalue weighted by Crippen LogP contribution is -3.00. The van der Waals surface area contributed by atoms with Gasteiger partial charge in [-0.2, -0.15) is 4.57 Å². The van der Waals surface area contributed by atoms with E-state index in [4.69, 9.17) is 0 Å². The second-order valence-electron chi connectivity index (χ2n) is 7.01. The van der Waals surface area contributed by atoms with Crippen molar-refractivity contribution in [1.29, 1.82) is 0 Å². The van der Waals surface area contributed by atoms with Crippen LogP contribution in [0.15, 0.2) is 60.9 Å². The van der Waals surface area contributed by atoms with E-state index in [9.17, 15) is 9.59 Å². The molecule has 0 bridgehead atoms. The van der Waals surface area contributed by atoms with Crippen molar-refractivity contribution in [2.24, 2.45) is 0 Å². The summed E-state index contributed by atoms with van der Waals surface area (Å²) in [6, 6.07) is 15.9. The van der Waals surface area contributed by atoms with Crippen LogP contribution in [0.5, 0.6) is 0 Å². The lowest BCUT2D eigenvalue weighted by Gasteiger charge is -2.15. The molecule has 5 heteroatoms. The van der Waals surface area contributed by atoms with Crippen molar-refractivity contribution in [3.05, 3.63) is 83.4 Å². The molecule has 0 fully saturated rings. The van der Waals surface area contributed by atoms with Gasteiger partial charge in [0.1, 0.15) is 5.69 Å². The van der Waals surface area contributed by atoms with Crippen LogP contribution in [0.25, 0.3) is 11.1 Å². The third kappa shape index (κ3) is 3.36. The number of hydrogen-bond acceptors (Lipinski definition) is 3. The van der Waals surface area contributed by atoms with Gasteiger partial charge in [0.15, 0.2) is 12.7 Å². The van der Waals surface area contributed by atoms with Gasteiger partial charge in [0, 0.05) is 23.4 Å². The normalized spacial score (nSPS) is 13.4. The fourth-order valence-electron chi connectivity index (χ4n) is 3.56. The maximum Gasteiger partial charge on any atom is 0.299 e. The molecule has 0 N–H and O–H groups in total. The van der Waals surface area contributed by atoms with Gasteiger partial charge in [0.25, 0.3) is 17.3 Å². The monoisotopic (exact) mass is 392 g/mol. The van der Waals surface area contributed by atoms with Crippen molar-refractivity contribution in [3.8, 4) is 11.1 Å². The predicted molar refractivity (Wildman–Crippen MR) is 103 cm³/mol. The van der Waals surface area contributed by atoms with Gasteiger partial charge in [-0.1, -0.05) is 44.2 Å². The first-order valence-corrected chi connectivity index (χ1v) is 9.26. The number of nitrogens with zero attached hydrogens (tertiary/aromatic N) is 2. The third-order valence-corrected chi connectivity index (χ3v) is 5.32. The van der Waals surface area contributed by atoms with Gasteiger partial charge in [0.05, 0.1) is 5.56 Å². The number of ketones is 2. The van der Waals surface area contributed by atoms with Crippen molar-refractivity contribution in [2.75, 3.05) is 0 Å². The predicted octanol–water partition coefficient (Wildman–Crippen LogP) is 0.981. The van der Waals surface area contributed by atoms with E-state index >= 15 is 0 Å². The summed E-state index contributed by atoms with van der Waals surface area (Å²) in [5, 5.41) is 0. The van der Waals surface area contributed by atoms with E-state index in [1.54, 1.807) is 12.3 Å². The van der Waals surface area contributed by atoms with Crippen molar-refractivity contribution in [2.45, 2.75) is 32.7 Å². The Kier molecular flexibility index (Phi) is 5.71. The van der Waals surface area contributed by atoms with E-state index < -0.39 is 11.6 Å². The minimum atomic E-state index is -0.537. The van der Waals surface area contributed by atoms with Crippen molar-refractivity contribution in [1.82, 2.24) is 4.98 Å². The van der Waals surface area contributed by atoms with E-state index in [-0.39, 0.29) is 18.1 Å². The smallest absolute Gasteiger partial charge is 0.299 e. The van der Waals surface area contributed by atoms with Gasteiger partial charge in [-0.25, -0.2) is 0 Å². The number of carbonyl (C=O) groups is 2. The van der Waals surface area contributed by atoms with Crippen LogP contribution in [0.3, 0.4) is 0 Å². The minimum absolute atomic E-state index is 0. The summed E-state index contributed by atoms with van der Waals surface area (Å²) >= 11 is 0. The van der Waals surface area contributed by atoms with Gasteiger partial charge >= 0.3 is 0 Å². The Morgan fingerprint density at radius 1 is 0.964 bits per heavy atom. The van der Waals surface area contributed by atoms with Crippen LogP contribution in [0.2, 0.25) is 0 Å². The fourth-order valence-corrected chi connectivity index (χ4v) is 3.56. The van der Waals surface area contributed by atoms with Crippen LogP contribution in [0, 0.1) is 0 Å². The molecule has 0 spiro atoms. The first-order valence-electron chi connectivity index (χ1n) is 9.26. The molecule has 2 heterocycles. The van der Waals surface area contributed by atoms with Crippen LogP contribution >= 0.6 is 0 Å². The van der Waals surface area contributed by atoms with Gasteiger partial charge in [-0.3, -0.25) is 14.6 Å². The molecule has 1 atom stereocenters. The number of halogens is 1. The molecule has 1 aliphatic carbocycles. The summed E-state index contributed by atoms with van der Waals surface area (Å²) in [6.45, 7) is 4.94. The molecule has 4 nitrogen and oxygen atoms in total. The van der Waals surface area contributed by atoms with Crippen LogP contribution in [0.4, 0.5) is 0 Å². The van der Waals surface area contributed by atoms with E-state index in [0.29, 0.717) is 18.2 Å². The van der Waals surface area contributed by atoms with Gasteiger partial charge < -0.3 is 12.4 Å². The zero-order chi connectivity index (χ0) is 19.0. The summed E-state index contributed by atoms with van der Waals surface area (Å²) in [6.07, 6.45) is 4.50. The molecule has 4 rings (SSSR count). The maximum atomic E-state index is 12.8. The largest absolute Gasteiger partial charge is 1.00 e. The highest BCUT2D eigenvalue weighted by molar-refractivity contribution is 6.51. The topological polar surface area (TPSA) is 50.9 Å². The maximum absolute atomic E-state index is 12.8. The highest BCUT2D eigenvalue weighted by Gasteiger charge is 2.38. The molecule has 3 aromatic rings. The molecule has 0 amide bonds. The fraction of sp³-hybridized carbons (Fsp3) is 0.217. The molecule has 0 aliphatic heterocycles. The molecule has 0 saturated carbocycles. The highest BCUT2D eigenvalue weighted by atomic mass is 35.5. The van der Waals surface area contributed by atoms with Crippen LogP contribution in [-0.4, -0.2) is 16.6 Å². The molecular formula is C23H21ClN2O2. The zero-order valence-corrected chi connectivity index (χ0v) is 16.6. The standard InChI is InChI=1S/C23H21N2O2.ClH/c1-3-15(2)17-10-8-16(9-11-17)14-25-13-5-7-19-18-6-4-12-24-20(18)22(26)23(27)21(19)25;/h4-13,15H,3,14H2,1-2H3;1H/q+1;/p-1. The summed E-state index contributed by atoms with van der Waals surface area (Å²) in [5.41, 5.74) is 4.57. The number of aromatic nitrogens is 2.